The minimum absolute atomic E-state index is 0.302. The van der Waals surface area contributed by atoms with Crippen LogP contribution in [0.2, 0.25) is 5.02 Å². The lowest BCUT2D eigenvalue weighted by Crippen LogP contribution is -2.17. The van der Waals surface area contributed by atoms with Crippen LogP contribution in [-0.2, 0) is 6.61 Å². The molecule has 0 aliphatic rings. The van der Waals surface area contributed by atoms with E-state index in [0.29, 0.717) is 28.5 Å². The topological polar surface area (TPSA) is 99.4 Å². The van der Waals surface area contributed by atoms with Crippen LogP contribution >= 0.6 is 22.9 Å². The molecule has 2 N–H and O–H groups in total. The number of nitrogens with one attached hydrogen (secondary N) is 2. The van der Waals surface area contributed by atoms with Gasteiger partial charge in [0.05, 0.1) is 23.5 Å². The SMILES string of the molecule is N#Cc1ccccc1COc1ccc(/C=N\NC(=O)c2ccc(-c3csc(Nc4ccc(Cl)cc4)n3)cc2)cc1. The summed E-state index contributed by atoms with van der Waals surface area (Å²) in [5.41, 5.74) is 7.87. The summed E-state index contributed by atoms with van der Waals surface area (Å²) in [6.07, 6.45) is 1.56. The number of hydrazone groups is 1. The number of hydrogen-bond acceptors (Lipinski definition) is 7. The maximum absolute atomic E-state index is 12.5. The van der Waals surface area contributed by atoms with Gasteiger partial charge in [0.2, 0.25) is 0 Å². The van der Waals surface area contributed by atoms with Crippen molar-refractivity contribution in [2.24, 2.45) is 5.10 Å². The fraction of sp³-hybridized carbons (Fsp3) is 0.0323. The number of halogens is 1. The average molecular weight is 564 g/mol. The molecule has 9 heteroatoms. The highest BCUT2D eigenvalue weighted by atomic mass is 35.5. The Kier molecular flexibility index (Phi) is 8.47. The van der Waals surface area contributed by atoms with Crippen LogP contribution in [0.1, 0.15) is 27.0 Å². The van der Waals surface area contributed by atoms with E-state index >= 15 is 0 Å². The molecule has 5 aromatic rings. The fourth-order valence-electron chi connectivity index (χ4n) is 3.71. The third kappa shape index (κ3) is 6.91. The maximum Gasteiger partial charge on any atom is 0.271 e. The highest BCUT2D eigenvalue weighted by Crippen LogP contribution is 2.28. The summed E-state index contributed by atoms with van der Waals surface area (Å²) in [4.78, 5) is 17.2. The molecule has 0 atom stereocenters. The van der Waals surface area contributed by atoms with Gasteiger partial charge in [-0.2, -0.15) is 10.4 Å². The summed E-state index contributed by atoms with van der Waals surface area (Å²) in [5.74, 6) is 0.351. The molecule has 0 saturated carbocycles. The number of nitriles is 1. The minimum atomic E-state index is -0.317. The maximum atomic E-state index is 12.5. The molecule has 0 spiro atoms. The number of carbonyl (C=O) groups is 1. The lowest BCUT2D eigenvalue weighted by Gasteiger charge is -2.07. The first kappa shape index (κ1) is 26.6. The van der Waals surface area contributed by atoms with E-state index in [2.05, 4.69) is 26.9 Å². The van der Waals surface area contributed by atoms with E-state index in [9.17, 15) is 10.1 Å². The zero-order chi connectivity index (χ0) is 27.7. The van der Waals surface area contributed by atoms with Gasteiger partial charge in [0.25, 0.3) is 5.91 Å². The van der Waals surface area contributed by atoms with Gasteiger partial charge in [0.1, 0.15) is 12.4 Å². The number of thiazole rings is 1. The second-order valence-corrected chi connectivity index (χ2v) is 9.87. The fourth-order valence-corrected chi connectivity index (χ4v) is 4.58. The van der Waals surface area contributed by atoms with Crippen LogP contribution in [0.25, 0.3) is 11.3 Å². The highest BCUT2D eigenvalue weighted by Gasteiger charge is 2.08. The van der Waals surface area contributed by atoms with Crippen molar-refractivity contribution in [3.8, 4) is 23.1 Å². The third-order valence-corrected chi connectivity index (χ3v) is 6.84. The zero-order valence-electron chi connectivity index (χ0n) is 21.0. The predicted molar refractivity (Wildman–Crippen MR) is 159 cm³/mol. The Balaban J connectivity index is 1.12. The van der Waals surface area contributed by atoms with Gasteiger partial charge in [0, 0.05) is 32.8 Å². The van der Waals surface area contributed by atoms with Gasteiger partial charge in [-0.1, -0.05) is 41.9 Å². The van der Waals surface area contributed by atoms with Gasteiger partial charge in [-0.25, -0.2) is 10.4 Å². The first-order valence-corrected chi connectivity index (χ1v) is 13.5. The van der Waals surface area contributed by atoms with E-state index in [0.717, 1.165) is 33.2 Å². The standard InChI is InChI=1S/C31H22ClN5O2S/c32-26-11-13-27(14-12-26)35-31-36-29(20-40-31)22-7-9-23(10-8-22)30(38)37-34-18-21-5-15-28(16-6-21)39-19-25-4-2-1-3-24(25)17-33/h1-16,18,20H,19H2,(H,35,36)(H,37,38)/b34-18-. The van der Waals surface area contributed by atoms with Crippen LogP contribution < -0.4 is 15.5 Å². The summed E-state index contributed by atoms with van der Waals surface area (Å²) in [6, 6.07) is 31.4. The van der Waals surface area contributed by atoms with Crippen LogP contribution in [0.3, 0.4) is 0 Å². The minimum Gasteiger partial charge on any atom is -0.489 e. The lowest BCUT2D eigenvalue weighted by molar-refractivity contribution is 0.0955. The Bertz CT molecular complexity index is 1680. The van der Waals surface area contributed by atoms with Crippen molar-refractivity contribution in [2.45, 2.75) is 6.61 Å². The van der Waals surface area contributed by atoms with Gasteiger partial charge in [-0.3, -0.25) is 4.79 Å². The molecular weight excluding hydrogens is 542 g/mol. The molecule has 5 rings (SSSR count). The lowest BCUT2D eigenvalue weighted by atomic mass is 10.1. The Morgan fingerprint density at radius 3 is 2.50 bits per heavy atom. The Morgan fingerprint density at radius 2 is 1.75 bits per heavy atom. The zero-order valence-corrected chi connectivity index (χ0v) is 22.6. The molecule has 7 nitrogen and oxygen atoms in total. The number of hydrogen-bond donors (Lipinski definition) is 2. The van der Waals surface area contributed by atoms with Crippen molar-refractivity contribution in [1.82, 2.24) is 10.4 Å². The van der Waals surface area contributed by atoms with Crippen LogP contribution in [-0.4, -0.2) is 17.1 Å². The summed E-state index contributed by atoms with van der Waals surface area (Å²) in [6.45, 7) is 0.302. The van der Waals surface area contributed by atoms with E-state index in [1.165, 1.54) is 11.3 Å². The van der Waals surface area contributed by atoms with E-state index < -0.39 is 0 Å². The highest BCUT2D eigenvalue weighted by molar-refractivity contribution is 7.14. The van der Waals surface area contributed by atoms with Gasteiger partial charge in [-0.05, 0) is 72.3 Å². The average Bonchev–Trinajstić information content (AvgIpc) is 3.46. The molecule has 1 heterocycles. The van der Waals surface area contributed by atoms with Gasteiger partial charge >= 0.3 is 0 Å². The van der Waals surface area contributed by atoms with Crippen molar-refractivity contribution in [3.05, 3.63) is 130 Å². The van der Waals surface area contributed by atoms with Crippen molar-refractivity contribution in [1.29, 1.82) is 5.26 Å². The number of rotatable bonds is 9. The van der Waals surface area contributed by atoms with Crippen molar-refractivity contribution >= 4 is 45.9 Å². The van der Waals surface area contributed by atoms with Crippen LogP contribution in [0.15, 0.2) is 108 Å². The molecule has 1 amide bonds. The smallest absolute Gasteiger partial charge is 0.271 e. The quantitative estimate of drug-likeness (QED) is 0.143. The molecule has 0 bridgehead atoms. The summed E-state index contributed by atoms with van der Waals surface area (Å²) in [7, 11) is 0. The first-order chi connectivity index (χ1) is 19.6. The van der Waals surface area contributed by atoms with E-state index in [-0.39, 0.29) is 5.91 Å². The largest absolute Gasteiger partial charge is 0.489 e. The predicted octanol–water partition coefficient (Wildman–Crippen LogP) is 7.42. The van der Waals surface area contributed by atoms with Crippen LogP contribution in [0.5, 0.6) is 5.75 Å². The Morgan fingerprint density at radius 1 is 1.00 bits per heavy atom. The van der Waals surface area contributed by atoms with Crippen molar-refractivity contribution in [3.63, 3.8) is 0 Å². The normalized spacial score (nSPS) is 10.7. The monoisotopic (exact) mass is 563 g/mol. The second-order valence-electron chi connectivity index (χ2n) is 8.57. The molecule has 1 aromatic heterocycles. The Labute approximate surface area is 240 Å². The number of benzene rings is 4. The molecular formula is C31H22ClN5O2S. The molecule has 0 aliphatic carbocycles. The Hall–Kier alpha value is -4.97. The van der Waals surface area contributed by atoms with Crippen molar-refractivity contribution in [2.75, 3.05) is 5.32 Å². The molecule has 0 aliphatic heterocycles. The molecule has 4 aromatic carbocycles. The van der Waals surface area contributed by atoms with Gasteiger partial charge in [-0.15, -0.1) is 11.3 Å². The number of anilines is 2. The molecule has 0 saturated heterocycles. The number of aromatic nitrogens is 1. The summed E-state index contributed by atoms with van der Waals surface area (Å²) in [5, 5.41) is 19.9. The molecule has 0 fully saturated rings. The summed E-state index contributed by atoms with van der Waals surface area (Å²) >= 11 is 7.43. The molecule has 0 unspecified atom stereocenters. The number of carbonyl (C=O) groups excluding carboxylic acids is 1. The molecule has 0 radical (unpaired) electrons. The summed E-state index contributed by atoms with van der Waals surface area (Å²) < 4.78 is 5.79. The number of ether oxygens (including phenoxy) is 1. The van der Waals surface area contributed by atoms with Gasteiger partial charge in [0.15, 0.2) is 5.13 Å². The van der Waals surface area contributed by atoms with E-state index in [1.54, 1.807) is 24.4 Å². The molecule has 40 heavy (non-hydrogen) atoms. The van der Waals surface area contributed by atoms with Crippen LogP contribution in [0.4, 0.5) is 10.8 Å². The van der Waals surface area contributed by atoms with E-state index in [4.69, 9.17) is 16.3 Å². The number of amides is 1. The van der Waals surface area contributed by atoms with Crippen LogP contribution in [0, 0.1) is 11.3 Å². The molecule has 196 valence electrons. The third-order valence-electron chi connectivity index (χ3n) is 5.83. The number of nitrogens with zero attached hydrogens (tertiary/aromatic N) is 3. The second kappa shape index (κ2) is 12.7. The van der Waals surface area contributed by atoms with E-state index in [1.807, 2.05) is 84.2 Å². The van der Waals surface area contributed by atoms with Crippen molar-refractivity contribution < 1.29 is 9.53 Å². The first-order valence-electron chi connectivity index (χ1n) is 12.2. The van der Waals surface area contributed by atoms with Gasteiger partial charge < -0.3 is 10.1 Å².